The summed E-state index contributed by atoms with van der Waals surface area (Å²) < 4.78 is 0. The molecular weight excluding hydrogens is 319 g/mol. The van der Waals surface area contributed by atoms with E-state index < -0.39 is 0 Å². The second-order valence-electron chi connectivity index (χ2n) is 4.28. The first kappa shape index (κ1) is 17.4. The number of hydrogen-bond donors (Lipinski definition) is 2. The molecule has 0 aromatic carbocycles. The molecule has 0 aliphatic carbocycles. The lowest BCUT2D eigenvalue weighted by Gasteiger charge is -2.21. The Balaban J connectivity index is 0.00000200. The van der Waals surface area contributed by atoms with Gasteiger partial charge in [-0.05, 0) is 6.92 Å². The second kappa shape index (κ2) is 7.93. The molecule has 20 heavy (non-hydrogen) atoms. The summed E-state index contributed by atoms with van der Waals surface area (Å²) in [7, 11) is 0. The van der Waals surface area contributed by atoms with Crippen molar-refractivity contribution in [3.05, 3.63) is 28.2 Å². The van der Waals surface area contributed by atoms with E-state index in [0.29, 0.717) is 30.5 Å². The Labute approximate surface area is 134 Å². The van der Waals surface area contributed by atoms with E-state index >= 15 is 0 Å². The molecule has 112 valence electrons. The number of aliphatic hydroxyl groups excluding tert-OH is 1. The van der Waals surface area contributed by atoms with Crippen LogP contribution in [0.25, 0.3) is 0 Å². The number of nitrogens with zero attached hydrogens (tertiary/aromatic N) is 3. The fraction of sp³-hybridized carbons (Fsp3) is 0.500. The molecule has 0 atom stereocenters. The summed E-state index contributed by atoms with van der Waals surface area (Å²) in [5.41, 5.74) is 7.88. The maximum absolute atomic E-state index is 9.04. The zero-order chi connectivity index (χ0) is 13.8. The van der Waals surface area contributed by atoms with Gasteiger partial charge < -0.3 is 15.7 Å². The topological polar surface area (TPSA) is 75.3 Å². The van der Waals surface area contributed by atoms with E-state index in [9.17, 15) is 0 Å². The fourth-order valence-electron chi connectivity index (χ4n) is 1.95. The van der Waals surface area contributed by atoms with Crippen LogP contribution in [0.5, 0.6) is 0 Å². The van der Waals surface area contributed by atoms with E-state index in [1.165, 1.54) is 0 Å². The lowest BCUT2D eigenvalue weighted by molar-refractivity contribution is 0.300. The van der Waals surface area contributed by atoms with Crippen LogP contribution in [0, 0.1) is 6.92 Å². The van der Waals surface area contributed by atoms with Gasteiger partial charge >= 0.3 is 0 Å². The zero-order valence-electron chi connectivity index (χ0n) is 11.2. The van der Waals surface area contributed by atoms with E-state index in [0.717, 1.165) is 22.0 Å². The van der Waals surface area contributed by atoms with E-state index in [1.807, 2.05) is 6.92 Å². The molecule has 0 bridgehead atoms. The highest BCUT2D eigenvalue weighted by Crippen LogP contribution is 2.35. The number of aromatic nitrogens is 2. The van der Waals surface area contributed by atoms with Gasteiger partial charge in [0.2, 0.25) is 0 Å². The van der Waals surface area contributed by atoms with Gasteiger partial charge in [0.15, 0.2) is 0 Å². The van der Waals surface area contributed by atoms with Gasteiger partial charge in [0, 0.05) is 41.9 Å². The molecule has 0 spiro atoms. The Hall–Kier alpha value is -0.690. The molecule has 2 rings (SSSR count). The number of anilines is 1. The number of aryl methyl sites for hydroxylation is 1. The lowest BCUT2D eigenvalue weighted by atomic mass is 10.2. The molecule has 8 heteroatoms. The third-order valence-electron chi connectivity index (χ3n) is 2.94. The third kappa shape index (κ3) is 3.91. The average Bonchev–Trinajstić information content (AvgIpc) is 2.75. The minimum atomic E-state index is 0. The maximum Gasteiger partial charge on any atom is 0.132 e. The predicted octanol–water partition coefficient (Wildman–Crippen LogP) is 2.13. The van der Waals surface area contributed by atoms with Crippen molar-refractivity contribution >= 4 is 41.6 Å². The highest BCUT2D eigenvalue weighted by Gasteiger charge is 2.22. The molecule has 1 aromatic rings. The van der Waals surface area contributed by atoms with Gasteiger partial charge in [-0.1, -0.05) is 0 Å². The predicted molar refractivity (Wildman–Crippen MR) is 85.9 cm³/mol. The number of hydrogen-bond acceptors (Lipinski definition) is 6. The Morgan fingerprint density at radius 2 is 2.30 bits per heavy atom. The first-order valence-corrected chi connectivity index (χ1v) is 7.52. The highest BCUT2D eigenvalue weighted by atomic mass is 35.5. The molecule has 1 aromatic heterocycles. The summed E-state index contributed by atoms with van der Waals surface area (Å²) in [6.07, 6.45) is 2.42. The van der Waals surface area contributed by atoms with Crippen molar-refractivity contribution in [2.45, 2.75) is 19.9 Å². The van der Waals surface area contributed by atoms with Crippen molar-refractivity contribution in [3.8, 4) is 0 Å². The van der Waals surface area contributed by atoms with Gasteiger partial charge in [-0.15, -0.1) is 35.8 Å². The minimum absolute atomic E-state index is 0. The Kier molecular flexibility index (Phi) is 6.88. The van der Waals surface area contributed by atoms with E-state index in [2.05, 4.69) is 14.9 Å². The van der Waals surface area contributed by atoms with Crippen LogP contribution in [0.4, 0.5) is 5.82 Å². The summed E-state index contributed by atoms with van der Waals surface area (Å²) in [4.78, 5) is 11.7. The Bertz CT molecular complexity index is 498. The van der Waals surface area contributed by atoms with Crippen molar-refractivity contribution in [3.63, 3.8) is 0 Å². The van der Waals surface area contributed by atoms with Crippen molar-refractivity contribution in [2.24, 2.45) is 0 Å². The van der Waals surface area contributed by atoms with Gasteiger partial charge in [0.25, 0.3) is 0 Å². The monoisotopic (exact) mass is 336 g/mol. The minimum Gasteiger partial charge on any atom is -0.396 e. The number of halogens is 2. The van der Waals surface area contributed by atoms with E-state index in [-0.39, 0.29) is 19.0 Å². The van der Waals surface area contributed by atoms with Crippen molar-refractivity contribution in [2.75, 3.05) is 24.1 Å². The van der Waals surface area contributed by atoms with Crippen molar-refractivity contribution in [1.82, 2.24) is 14.9 Å². The number of thioether (sulfide) groups is 1. The van der Waals surface area contributed by atoms with Gasteiger partial charge in [0.1, 0.15) is 11.6 Å². The van der Waals surface area contributed by atoms with Gasteiger partial charge in [-0.25, -0.2) is 9.97 Å². The molecule has 0 amide bonds. The quantitative estimate of drug-likeness (QED) is 0.802. The highest BCUT2D eigenvalue weighted by molar-refractivity contribution is 8.03. The van der Waals surface area contributed by atoms with Crippen LogP contribution in [0.15, 0.2) is 16.8 Å². The average molecular weight is 337 g/mol. The fourth-order valence-corrected chi connectivity index (χ4v) is 3.52. The van der Waals surface area contributed by atoms with Gasteiger partial charge in [-0.3, -0.25) is 0 Å². The van der Waals surface area contributed by atoms with Crippen molar-refractivity contribution in [1.29, 1.82) is 0 Å². The standard InChI is InChI=1S/C12H17ClN4OS.ClH/c1-8-15-5-9(12(14)16-8)6-17-7-19-11(2-3-18)10(17)4-13;/h5,18H,2-4,6-7H2,1H3,(H2,14,15,16);1H. The number of rotatable bonds is 5. The molecule has 0 fully saturated rings. The summed E-state index contributed by atoms with van der Waals surface area (Å²) >= 11 is 7.72. The normalized spacial score (nSPS) is 14.7. The molecule has 1 aliphatic rings. The molecule has 0 saturated carbocycles. The molecule has 0 radical (unpaired) electrons. The number of aliphatic hydroxyl groups is 1. The molecule has 1 aliphatic heterocycles. The SMILES string of the molecule is Cc1ncc(CN2CSC(CCO)=C2CCl)c(N)n1.Cl. The third-order valence-corrected chi connectivity index (χ3v) is 4.43. The number of nitrogens with two attached hydrogens (primary N) is 1. The van der Waals surface area contributed by atoms with Gasteiger partial charge in [0.05, 0.1) is 11.8 Å². The molecule has 2 heterocycles. The second-order valence-corrected chi connectivity index (χ2v) is 5.58. The molecule has 0 saturated heterocycles. The van der Waals surface area contributed by atoms with Crippen LogP contribution in [0.2, 0.25) is 0 Å². The zero-order valence-corrected chi connectivity index (χ0v) is 13.6. The maximum atomic E-state index is 9.04. The number of allylic oxidation sites excluding steroid dienone is 1. The van der Waals surface area contributed by atoms with Crippen LogP contribution in [0.1, 0.15) is 17.8 Å². The van der Waals surface area contributed by atoms with Crippen LogP contribution in [0.3, 0.4) is 0 Å². The van der Waals surface area contributed by atoms with Crippen LogP contribution in [-0.4, -0.2) is 38.3 Å². The molecule has 0 unspecified atom stereocenters. The summed E-state index contributed by atoms with van der Waals surface area (Å²) in [6, 6.07) is 0. The smallest absolute Gasteiger partial charge is 0.132 e. The van der Waals surface area contributed by atoms with Gasteiger partial charge in [-0.2, -0.15) is 0 Å². The number of nitrogen functional groups attached to an aromatic ring is 1. The Morgan fingerprint density at radius 1 is 1.55 bits per heavy atom. The summed E-state index contributed by atoms with van der Waals surface area (Å²) in [6.45, 7) is 2.61. The van der Waals surface area contributed by atoms with Crippen LogP contribution >= 0.6 is 35.8 Å². The molecule has 5 nitrogen and oxygen atoms in total. The number of alkyl halides is 1. The summed E-state index contributed by atoms with van der Waals surface area (Å²) in [5, 5.41) is 9.04. The largest absolute Gasteiger partial charge is 0.396 e. The molecular formula is C12H18Cl2N4OS. The van der Waals surface area contributed by atoms with E-state index in [4.69, 9.17) is 22.4 Å². The van der Waals surface area contributed by atoms with Crippen molar-refractivity contribution < 1.29 is 5.11 Å². The van der Waals surface area contributed by atoms with Crippen LogP contribution in [-0.2, 0) is 6.54 Å². The summed E-state index contributed by atoms with van der Waals surface area (Å²) in [5.74, 6) is 2.45. The Morgan fingerprint density at radius 3 is 2.90 bits per heavy atom. The van der Waals surface area contributed by atoms with E-state index in [1.54, 1.807) is 18.0 Å². The lowest BCUT2D eigenvalue weighted by Crippen LogP contribution is -2.21. The first-order chi connectivity index (χ1) is 9.15. The first-order valence-electron chi connectivity index (χ1n) is 6.00. The van der Waals surface area contributed by atoms with Crippen LogP contribution < -0.4 is 5.73 Å². The molecule has 3 N–H and O–H groups in total.